The number of halogens is 1. The zero-order valence-corrected chi connectivity index (χ0v) is 15.7. The lowest BCUT2D eigenvalue weighted by molar-refractivity contribution is 0.0943. The average Bonchev–Trinajstić information content (AvgIpc) is 2.53. The average molecular weight is 363 g/mol. The zero-order valence-electron chi connectivity index (χ0n) is 14.9. The van der Waals surface area contributed by atoms with Gasteiger partial charge in [-0.3, -0.25) is 4.79 Å². The van der Waals surface area contributed by atoms with Gasteiger partial charge in [0.25, 0.3) is 5.91 Å². The number of alkyl halides is 1. The van der Waals surface area contributed by atoms with Crippen molar-refractivity contribution in [2.45, 2.75) is 44.6 Å². The number of hydrogen-bond donors (Lipinski definition) is 2. The first kappa shape index (κ1) is 19.1. The van der Waals surface area contributed by atoms with E-state index in [-0.39, 0.29) is 11.9 Å². The highest BCUT2D eigenvalue weighted by Gasteiger charge is 2.21. The lowest BCUT2D eigenvalue weighted by Crippen LogP contribution is -2.31. The Morgan fingerprint density at radius 2 is 2.00 bits per heavy atom. The summed E-state index contributed by atoms with van der Waals surface area (Å²) in [5.41, 5.74) is -0.964. The van der Waals surface area contributed by atoms with Crippen LogP contribution in [0.2, 0.25) is 0 Å². The normalized spacial score (nSPS) is 11.5. The number of nitrogens with one attached hydrogen (secondary N) is 2. The maximum atomic E-state index is 14.1. The number of anilines is 2. The van der Waals surface area contributed by atoms with E-state index < -0.39 is 5.67 Å². The van der Waals surface area contributed by atoms with Gasteiger partial charge in [0, 0.05) is 12.2 Å². The number of rotatable bonds is 6. The molecule has 0 radical (unpaired) electrons. The lowest BCUT2D eigenvalue weighted by atomic mass is 10.1. The van der Waals surface area contributed by atoms with Crippen LogP contribution in [0, 0.1) is 0 Å². The van der Waals surface area contributed by atoms with Crippen molar-refractivity contribution in [1.29, 1.82) is 0 Å². The van der Waals surface area contributed by atoms with Crippen molar-refractivity contribution >= 4 is 29.3 Å². The van der Waals surface area contributed by atoms with Crippen molar-refractivity contribution < 1.29 is 9.18 Å². The Balaban J connectivity index is 2.39. The third-order valence-electron chi connectivity index (χ3n) is 3.22. The minimum atomic E-state index is -1.56. The van der Waals surface area contributed by atoms with Gasteiger partial charge < -0.3 is 10.6 Å². The van der Waals surface area contributed by atoms with Gasteiger partial charge in [-0.25, -0.2) is 19.3 Å². The Bertz CT molecular complexity index is 761. The highest BCUT2D eigenvalue weighted by atomic mass is 32.2. The van der Waals surface area contributed by atoms with Gasteiger partial charge in [-0.05, 0) is 46.1 Å². The fourth-order valence-corrected chi connectivity index (χ4v) is 2.36. The summed E-state index contributed by atoms with van der Waals surface area (Å²) < 4.78 is 14.1. The molecule has 2 N–H and O–H groups in total. The summed E-state index contributed by atoms with van der Waals surface area (Å²) in [6.45, 7) is 6.63. The minimum absolute atomic E-state index is 0.0191. The van der Waals surface area contributed by atoms with E-state index in [0.29, 0.717) is 28.0 Å². The first-order chi connectivity index (χ1) is 11.7. The van der Waals surface area contributed by atoms with E-state index in [9.17, 15) is 9.18 Å². The quantitative estimate of drug-likeness (QED) is 0.602. The number of carbonyl (C=O) groups excluding carboxylic acids is 1. The van der Waals surface area contributed by atoms with Crippen molar-refractivity contribution in [2.75, 3.05) is 11.6 Å². The van der Waals surface area contributed by atoms with E-state index in [1.54, 1.807) is 18.2 Å². The molecule has 134 valence electrons. The van der Waals surface area contributed by atoms with Gasteiger partial charge in [0.15, 0.2) is 5.16 Å². The second kappa shape index (κ2) is 7.77. The predicted octanol–water partition coefficient (Wildman–Crippen LogP) is 3.68. The molecular weight excluding hydrogens is 341 g/mol. The van der Waals surface area contributed by atoms with Gasteiger partial charge in [-0.1, -0.05) is 17.8 Å². The summed E-state index contributed by atoms with van der Waals surface area (Å²) in [6.07, 6.45) is 3.32. The Hall–Kier alpha value is -2.22. The third-order valence-corrected chi connectivity index (χ3v) is 3.78. The maximum absolute atomic E-state index is 14.1. The lowest BCUT2D eigenvalue weighted by Gasteiger charge is -2.16. The number of pyridine rings is 1. The van der Waals surface area contributed by atoms with Crippen LogP contribution in [0.3, 0.4) is 0 Å². The molecule has 0 spiro atoms. The summed E-state index contributed by atoms with van der Waals surface area (Å²) >= 11 is 1.36. The molecule has 1 amide bonds. The molecule has 0 aliphatic heterocycles. The second-order valence-electron chi connectivity index (χ2n) is 6.25. The number of aromatic nitrogens is 3. The van der Waals surface area contributed by atoms with E-state index in [1.165, 1.54) is 31.8 Å². The number of nitrogens with zero attached hydrogens (tertiary/aromatic N) is 3. The summed E-state index contributed by atoms with van der Waals surface area (Å²) in [6, 6.07) is 5.00. The monoisotopic (exact) mass is 363 g/mol. The van der Waals surface area contributed by atoms with Crippen molar-refractivity contribution in [3.05, 3.63) is 35.7 Å². The molecule has 0 fully saturated rings. The molecule has 0 aliphatic carbocycles. The summed E-state index contributed by atoms with van der Waals surface area (Å²) in [5, 5.41) is 6.34. The third kappa shape index (κ3) is 5.12. The molecule has 6 nitrogen and oxygen atoms in total. The molecule has 0 unspecified atom stereocenters. The van der Waals surface area contributed by atoms with E-state index >= 15 is 0 Å². The second-order valence-corrected chi connectivity index (χ2v) is 7.03. The molecule has 2 rings (SSSR count). The number of amides is 1. The molecule has 0 aromatic carbocycles. The Morgan fingerprint density at radius 1 is 1.28 bits per heavy atom. The molecule has 8 heteroatoms. The fourth-order valence-electron chi connectivity index (χ4n) is 2.02. The number of hydrogen-bond acceptors (Lipinski definition) is 6. The summed E-state index contributed by atoms with van der Waals surface area (Å²) in [4.78, 5) is 25.2. The van der Waals surface area contributed by atoms with Crippen LogP contribution in [0.15, 0.2) is 29.6 Å². The largest absolute Gasteiger partial charge is 0.350 e. The molecule has 0 atom stereocenters. The molecule has 2 heterocycles. The van der Waals surface area contributed by atoms with Crippen molar-refractivity contribution in [3.63, 3.8) is 0 Å². The van der Waals surface area contributed by atoms with Crippen LogP contribution in [0.4, 0.5) is 16.0 Å². The predicted molar refractivity (Wildman–Crippen MR) is 98.1 cm³/mol. The van der Waals surface area contributed by atoms with Crippen molar-refractivity contribution in [1.82, 2.24) is 20.3 Å². The van der Waals surface area contributed by atoms with Crippen LogP contribution in [0.1, 0.15) is 43.7 Å². The standard InChI is InChI=1S/C17H22FN5OS/c1-10(2)20-15(24)11-9-19-16(25-5)23-14(11)22-13-8-6-7-12(21-13)17(3,4)18/h6-10H,1-5H3,(H,20,24)(H,19,21,22,23). The van der Waals surface area contributed by atoms with Crippen LogP contribution in [0.25, 0.3) is 0 Å². The van der Waals surface area contributed by atoms with E-state index in [0.717, 1.165) is 0 Å². The Kier molecular flexibility index (Phi) is 5.94. The molecule has 0 saturated heterocycles. The van der Waals surface area contributed by atoms with E-state index in [2.05, 4.69) is 25.6 Å². The maximum Gasteiger partial charge on any atom is 0.256 e. The van der Waals surface area contributed by atoms with Gasteiger partial charge in [0.05, 0.1) is 5.69 Å². The number of carbonyl (C=O) groups is 1. The van der Waals surface area contributed by atoms with Crippen LogP contribution in [0.5, 0.6) is 0 Å². The summed E-state index contributed by atoms with van der Waals surface area (Å²) in [5.74, 6) is 0.457. The van der Waals surface area contributed by atoms with Crippen molar-refractivity contribution in [2.24, 2.45) is 0 Å². The van der Waals surface area contributed by atoms with Crippen molar-refractivity contribution in [3.8, 4) is 0 Å². The molecule has 25 heavy (non-hydrogen) atoms. The van der Waals surface area contributed by atoms with Crippen LogP contribution >= 0.6 is 11.8 Å². The van der Waals surface area contributed by atoms with E-state index in [1.807, 2.05) is 20.1 Å². The summed E-state index contributed by atoms with van der Waals surface area (Å²) in [7, 11) is 0. The Morgan fingerprint density at radius 3 is 2.60 bits per heavy atom. The topological polar surface area (TPSA) is 79.8 Å². The van der Waals surface area contributed by atoms with Crippen LogP contribution in [-0.2, 0) is 5.67 Å². The van der Waals surface area contributed by atoms with Gasteiger partial charge in [-0.2, -0.15) is 0 Å². The molecule has 0 aliphatic rings. The Labute approximate surface area is 151 Å². The van der Waals surface area contributed by atoms with Crippen LogP contribution < -0.4 is 10.6 Å². The van der Waals surface area contributed by atoms with Gasteiger partial charge in [0.2, 0.25) is 0 Å². The first-order valence-electron chi connectivity index (χ1n) is 7.86. The molecule has 2 aromatic heterocycles. The number of thioether (sulfide) groups is 1. The molecule has 0 bridgehead atoms. The molecule has 2 aromatic rings. The van der Waals surface area contributed by atoms with Crippen LogP contribution in [-0.4, -0.2) is 33.2 Å². The highest BCUT2D eigenvalue weighted by Crippen LogP contribution is 2.25. The van der Waals surface area contributed by atoms with Gasteiger partial charge in [0.1, 0.15) is 22.9 Å². The fraction of sp³-hybridized carbons (Fsp3) is 0.412. The molecule has 0 saturated carbocycles. The first-order valence-corrected chi connectivity index (χ1v) is 9.08. The van der Waals surface area contributed by atoms with Gasteiger partial charge >= 0.3 is 0 Å². The zero-order chi connectivity index (χ0) is 18.6. The SMILES string of the molecule is CSc1ncc(C(=O)NC(C)C)c(Nc2cccc(C(C)(C)F)n2)n1. The smallest absolute Gasteiger partial charge is 0.256 e. The highest BCUT2D eigenvalue weighted by molar-refractivity contribution is 7.98. The van der Waals surface area contributed by atoms with Gasteiger partial charge in [-0.15, -0.1) is 0 Å². The molecular formula is C17H22FN5OS. The minimum Gasteiger partial charge on any atom is -0.350 e. The van der Waals surface area contributed by atoms with E-state index in [4.69, 9.17) is 0 Å².